The molecule has 0 aliphatic carbocycles. The van der Waals surface area contributed by atoms with E-state index in [-0.39, 0.29) is 5.69 Å². The second-order valence-corrected chi connectivity index (χ2v) is 3.55. The molecule has 18 heavy (non-hydrogen) atoms. The predicted octanol–water partition coefficient (Wildman–Crippen LogP) is 3.18. The van der Waals surface area contributed by atoms with Crippen molar-refractivity contribution >= 4 is 16.7 Å². The van der Waals surface area contributed by atoms with E-state index in [1.54, 1.807) is 4.98 Å². The van der Waals surface area contributed by atoms with Gasteiger partial charge in [0.1, 0.15) is 5.52 Å². The van der Waals surface area contributed by atoms with Crippen LogP contribution in [0, 0.1) is 0 Å². The molecule has 2 aromatic rings. The molecular formula is C9H5F6N3. The Hall–Kier alpha value is -1.93. The highest BCUT2D eigenvalue weighted by Crippen LogP contribution is 2.37. The molecule has 0 unspecified atom stereocenters. The summed E-state index contributed by atoms with van der Waals surface area (Å²) in [4.78, 5) is 4.71. The number of rotatable bonds is 0. The van der Waals surface area contributed by atoms with Gasteiger partial charge in [-0.15, -0.1) is 0 Å². The van der Waals surface area contributed by atoms with Gasteiger partial charge in [-0.25, -0.2) is 4.98 Å². The highest BCUT2D eigenvalue weighted by atomic mass is 19.4. The van der Waals surface area contributed by atoms with Crippen molar-refractivity contribution < 1.29 is 26.3 Å². The molecule has 3 N–H and O–H groups in total. The summed E-state index contributed by atoms with van der Waals surface area (Å²) in [5.41, 5.74) is 2.40. The third-order valence-electron chi connectivity index (χ3n) is 2.18. The molecule has 0 saturated carbocycles. The van der Waals surface area contributed by atoms with Crippen molar-refractivity contribution in [2.45, 2.75) is 12.4 Å². The van der Waals surface area contributed by atoms with Gasteiger partial charge in [-0.05, 0) is 12.1 Å². The van der Waals surface area contributed by atoms with E-state index in [0.717, 1.165) is 6.07 Å². The molecule has 3 nitrogen and oxygen atoms in total. The first-order valence-corrected chi connectivity index (χ1v) is 4.52. The fourth-order valence-corrected chi connectivity index (χ4v) is 1.49. The Kier molecular flexibility index (Phi) is 2.46. The van der Waals surface area contributed by atoms with E-state index in [1.807, 2.05) is 0 Å². The van der Waals surface area contributed by atoms with E-state index in [4.69, 9.17) is 5.73 Å². The summed E-state index contributed by atoms with van der Waals surface area (Å²) in [7, 11) is 0. The van der Waals surface area contributed by atoms with Gasteiger partial charge < -0.3 is 10.7 Å². The van der Waals surface area contributed by atoms with Crippen molar-refractivity contribution in [2.24, 2.45) is 0 Å². The third-order valence-corrected chi connectivity index (χ3v) is 2.18. The van der Waals surface area contributed by atoms with Crippen molar-refractivity contribution in [1.29, 1.82) is 0 Å². The van der Waals surface area contributed by atoms with Gasteiger partial charge in [0.15, 0.2) is 0 Å². The Morgan fingerprint density at radius 3 is 2.11 bits per heavy atom. The molecule has 9 heteroatoms. The largest absolute Gasteiger partial charge is 0.449 e. The lowest BCUT2D eigenvalue weighted by molar-refractivity contribution is -0.144. The first-order chi connectivity index (χ1) is 8.09. The molecule has 2 rings (SSSR count). The van der Waals surface area contributed by atoms with Crippen molar-refractivity contribution in [1.82, 2.24) is 9.97 Å². The number of aromatic amines is 1. The second kappa shape index (κ2) is 3.53. The Labute approximate surface area is 95.6 Å². The number of hydrogen-bond donors (Lipinski definition) is 2. The smallest absolute Gasteiger partial charge is 0.399 e. The highest BCUT2D eigenvalue weighted by molar-refractivity contribution is 5.83. The van der Waals surface area contributed by atoms with Crippen LogP contribution < -0.4 is 5.73 Å². The maximum Gasteiger partial charge on any atom is 0.449 e. The maximum absolute atomic E-state index is 12.6. The fourth-order valence-electron chi connectivity index (χ4n) is 1.49. The molecule has 0 fully saturated rings. The monoisotopic (exact) mass is 269 g/mol. The quantitative estimate of drug-likeness (QED) is 0.570. The molecule has 1 aromatic carbocycles. The zero-order valence-corrected chi connectivity index (χ0v) is 8.45. The number of fused-ring (bicyclic) bond motifs is 1. The molecule has 0 saturated heterocycles. The Morgan fingerprint density at radius 2 is 1.61 bits per heavy atom. The molecule has 1 heterocycles. The first-order valence-electron chi connectivity index (χ1n) is 4.52. The van der Waals surface area contributed by atoms with E-state index in [9.17, 15) is 26.3 Å². The summed E-state index contributed by atoms with van der Waals surface area (Å²) in [6.45, 7) is 0. The summed E-state index contributed by atoms with van der Waals surface area (Å²) < 4.78 is 74.9. The molecule has 0 bridgehead atoms. The zero-order chi connectivity index (χ0) is 13.7. The number of halogens is 6. The average Bonchev–Trinajstić information content (AvgIpc) is 2.57. The molecule has 98 valence electrons. The fraction of sp³-hybridized carbons (Fsp3) is 0.222. The third kappa shape index (κ3) is 2.07. The number of benzene rings is 1. The van der Waals surface area contributed by atoms with Crippen LogP contribution in [0.3, 0.4) is 0 Å². The zero-order valence-electron chi connectivity index (χ0n) is 8.45. The molecular weight excluding hydrogens is 264 g/mol. The molecule has 0 atom stereocenters. The summed E-state index contributed by atoms with van der Waals surface area (Å²) in [5.74, 6) is -1.49. The summed E-state index contributed by atoms with van der Waals surface area (Å²) >= 11 is 0. The van der Waals surface area contributed by atoms with Crippen LogP contribution in [0.4, 0.5) is 32.0 Å². The topological polar surface area (TPSA) is 54.7 Å². The number of nitrogens with two attached hydrogens (primary N) is 1. The summed E-state index contributed by atoms with van der Waals surface area (Å²) in [6.07, 6.45) is -9.68. The van der Waals surface area contributed by atoms with Gasteiger partial charge >= 0.3 is 12.4 Å². The van der Waals surface area contributed by atoms with E-state index in [1.165, 1.54) is 0 Å². The Morgan fingerprint density at radius 1 is 1.00 bits per heavy atom. The maximum atomic E-state index is 12.6. The van der Waals surface area contributed by atoms with Crippen LogP contribution in [0.15, 0.2) is 12.1 Å². The van der Waals surface area contributed by atoms with Crippen molar-refractivity contribution in [3.63, 3.8) is 0 Å². The van der Waals surface area contributed by atoms with Crippen molar-refractivity contribution in [3.8, 4) is 0 Å². The predicted molar refractivity (Wildman–Crippen MR) is 50.5 cm³/mol. The van der Waals surface area contributed by atoms with Gasteiger partial charge in [0.25, 0.3) is 0 Å². The standard InChI is InChI=1S/C9H5F6N3/c10-8(11,12)4-1-3(16)2-5-6(4)18-7(17-5)9(13,14)15/h1-2H,16H2,(H,17,18). The molecule has 0 aliphatic heterocycles. The number of aromatic nitrogens is 2. The van der Waals surface area contributed by atoms with Crippen LogP contribution in [0.25, 0.3) is 11.0 Å². The van der Waals surface area contributed by atoms with Gasteiger partial charge in [-0.1, -0.05) is 0 Å². The summed E-state index contributed by atoms with van der Waals surface area (Å²) in [5, 5.41) is 0. The molecule has 0 amide bonds. The van der Waals surface area contributed by atoms with Crippen LogP contribution in [0.2, 0.25) is 0 Å². The van der Waals surface area contributed by atoms with E-state index in [0.29, 0.717) is 6.07 Å². The Balaban J connectivity index is 2.76. The highest BCUT2D eigenvalue weighted by Gasteiger charge is 2.38. The van der Waals surface area contributed by atoms with E-state index >= 15 is 0 Å². The molecule has 0 spiro atoms. The van der Waals surface area contributed by atoms with E-state index < -0.39 is 34.8 Å². The van der Waals surface area contributed by atoms with Crippen LogP contribution in [0.5, 0.6) is 0 Å². The number of alkyl halides is 6. The van der Waals surface area contributed by atoms with Crippen LogP contribution >= 0.6 is 0 Å². The van der Waals surface area contributed by atoms with Crippen molar-refractivity contribution in [2.75, 3.05) is 5.73 Å². The Bertz CT molecular complexity index is 595. The van der Waals surface area contributed by atoms with Gasteiger partial charge in [-0.3, -0.25) is 0 Å². The lowest BCUT2D eigenvalue weighted by atomic mass is 10.1. The summed E-state index contributed by atoms with van der Waals surface area (Å²) in [6, 6.07) is 1.51. The average molecular weight is 269 g/mol. The van der Waals surface area contributed by atoms with Crippen LogP contribution in [-0.4, -0.2) is 9.97 Å². The van der Waals surface area contributed by atoms with Gasteiger partial charge in [0, 0.05) is 5.69 Å². The van der Waals surface area contributed by atoms with Gasteiger partial charge in [0.05, 0.1) is 11.1 Å². The first kappa shape index (κ1) is 12.5. The molecule has 0 aliphatic rings. The minimum absolute atomic E-state index is 0.299. The van der Waals surface area contributed by atoms with Crippen LogP contribution in [0.1, 0.15) is 11.4 Å². The van der Waals surface area contributed by atoms with Crippen LogP contribution in [-0.2, 0) is 12.4 Å². The second-order valence-electron chi connectivity index (χ2n) is 3.55. The number of nitrogens with one attached hydrogen (secondary N) is 1. The normalized spacial score (nSPS) is 13.2. The number of H-pyrrole nitrogens is 1. The number of imidazole rings is 1. The van der Waals surface area contributed by atoms with Gasteiger partial charge in [0.2, 0.25) is 5.82 Å². The minimum Gasteiger partial charge on any atom is -0.399 e. The van der Waals surface area contributed by atoms with Gasteiger partial charge in [-0.2, -0.15) is 26.3 Å². The molecule has 1 aromatic heterocycles. The van der Waals surface area contributed by atoms with E-state index in [2.05, 4.69) is 4.98 Å². The number of nitrogens with zero attached hydrogens (tertiary/aromatic N) is 1. The SMILES string of the molecule is Nc1cc(C(F)(F)F)c2nc(C(F)(F)F)[nH]c2c1. The van der Waals surface area contributed by atoms with Crippen molar-refractivity contribution in [3.05, 3.63) is 23.5 Å². The lowest BCUT2D eigenvalue weighted by Crippen LogP contribution is -2.08. The number of anilines is 1. The molecule has 0 radical (unpaired) electrons. The number of hydrogen-bond acceptors (Lipinski definition) is 2. The minimum atomic E-state index is -4.85. The number of nitrogen functional groups attached to an aromatic ring is 1. The lowest BCUT2D eigenvalue weighted by Gasteiger charge is -2.07.